The fraction of sp³-hybridized carbons (Fsp3) is 0.308. The number of para-hydroxylation sites is 1. The smallest absolute Gasteiger partial charge is 0.253 e. The molecule has 0 radical (unpaired) electrons. The third-order valence-corrected chi connectivity index (χ3v) is 6.03. The molecule has 0 spiro atoms. The van der Waals surface area contributed by atoms with E-state index in [-0.39, 0.29) is 18.1 Å². The second-order valence-electron chi connectivity index (χ2n) is 8.60. The number of pyridine rings is 1. The predicted molar refractivity (Wildman–Crippen MR) is 128 cm³/mol. The minimum absolute atomic E-state index is 0.00807. The number of anilines is 1. The Hall–Kier alpha value is -3.38. The number of benzene rings is 1. The molecule has 2 aromatic heterocycles. The summed E-state index contributed by atoms with van der Waals surface area (Å²) >= 11 is 0. The highest BCUT2D eigenvalue weighted by atomic mass is 16.5. The normalized spacial score (nSPS) is 20.9. The predicted octanol–water partition coefficient (Wildman–Crippen LogP) is 4.15. The number of aromatic nitrogens is 2. The molecule has 2 atom stereocenters. The lowest BCUT2D eigenvalue weighted by molar-refractivity contribution is -0.00522. The molecule has 1 fully saturated rings. The van der Waals surface area contributed by atoms with Crippen LogP contribution in [0.4, 0.5) is 5.69 Å². The van der Waals surface area contributed by atoms with Gasteiger partial charge < -0.3 is 19.9 Å². The molecule has 5 rings (SSSR count). The average Bonchev–Trinajstić information content (AvgIpc) is 3.23. The number of ether oxygens (including phenoxy) is 1. The molecule has 1 aromatic carbocycles. The molecule has 1 saturated heterocycles. The van der Waals surface area contributed by atoms with Crippen LogP contribution in [0.2, 0.25) is 0 Å². The SMILES string of the molecule is C[C@@H]1CN(c2ccccc2/C=C/c2cc(-c3cc4c([nH]3)CCNC4=O)ccn2)C[C@H](C)O1. The monoisotopic (exact) mass is 428 g/mol. The molecule has 1 amide bonds. The molecule has 6 heteroatoms. The number of hydrogen-bond donors (Lipinski definition) is 2. The third kappa shape index (κ3) is 4.18. The Morgan fingerprint density at radius 1 is 1.09 bits per heavy atom. The lowest BCUT2D eigenvalue weighted by Gasteiger charge is -2.37. The van der Waals surface area contributed by atoms with Crippen LogP contribution in [0.25, 0.3) is 23.4 Å². The van der Waals surface area contributed by atoms with Gasteiger partial charge in [-0.25, -0.2) is 0 Å². The summed E-state index contributed by atoms with van der Waals surface area (Å²) in [7, 11) is 0. The average molecular weight is 429 g/mol. The molecule has 3 aromatic rings. The van der Waals surface area contributed by atoms with Crippen molar-refractivity contribution in [3.63, 3.8) is 0 Å². The van der Waals surface area contributed by atoms with E-state index in [4.69, 9.17) is 4.74 Å². The van der Waals surface area contributed by atoms with Crippen LogP contribution in [-0.4, -0.2) is 47.7 Å². The van der Waals surface area contributed by atoms with Gasteiger partial charge in [0.05, 0.1) is 23.5 Å². The number of carbonyl (C=O) groups is 1. The van der Waals surface area contributed by atoms with Crippen molar-refractivity contribution in [2.45, 2.75) is 32.5 Å². The van der Waals surface area contributed by atoms with Crippen LogP contribution in [0, 0.1) is 0 Å². The molecular weight excluding hydrogens is 400 g/mol. The van der Waals surface area contributed by atoms with Crippen molar-refractivity contribution in [2.24, 2.45) is 0 Å². The summed E-state index contributed by atoms with van der Waals surface area (Å²) < 4.78 is 5.90. The lowest BCUT2D eigenvalue weighted by Crippen LogP contribution is -2.45. The van der Waals surface area contributed by atoms with Crippen molar-refractivity contribution in [1.82, 2.24) is 15.3 Å². The van der Waals surface area contributed by atoms with E-state index in [9.17, 15) is 4.79 Å². The van der Waals surface area contributed by atoms with Crippen molar-refractivity contribution in [3.8, 4) is 11.3 Å². The number of aromatic amines is 1. The highest BCUT2D eigenvalue weighted by Crippen LogP contribution is 2.27. The maximum absolute atomic E-state index is 12.1. The third-order valence-electron chi connectivity index (χ3n) is 6.03. The van der Waals surface area contributed by atoms with Crippen LogP contribution in [0.3, 0.4) is 0 Å². The molecule has 4 heterocycles. The number of morpholine rings is 1. The van der Waals surface area contributed by atoms with E-state index in [1.54, 1.807) is 0 Å². The number of carbonyl (C=O) groups excluding carboxylic acids is 1. The molecule has 0 saturated carbocycles. The summed E-state index contributed by atoms with van der Waals surface area (Å²) in [4.78, 5) is 22.4. The van der Waals surface area contributed by atoms with Gasteiger partial charge in [-0.05, 0) is 49.8 Å². The largest absolute Gasteiger partial charge is 0.372 e. The Morgan fingerprint density at radius 3 is 2.72 bits per heavy atom. The molecule has 2 N–H and O–H groups in total. The maximum Gasteiger partial charge on any atom is 0.253 e. The quantitative estimate of drug-likeness (QED) is 0.655. The molecule has 164 valence electrons. The van der Waals surface area contributed by atoms with Gasteiger partial charge >= 0.3 is 0 Å². The first kappa shape index (κ1) is 20.5. The van der Waals surface area contributed by atoms with Crippen molar-refractivity contribution in [1.29, 1.82) is 0 Å². The standard InChI is InChI=1S/C26H28N4O2/c1-17-15-30(16-18(2)32-17)25-6-4-3-5-19(25)7-8-21-13-20(9-11-27-21)24-14-22-23(29-24)10-12-28-26(22)31/h3-9,11,13-14,17-18,29H,10,12,15-16H2,1-2H3,(H,28,31)/b8-7+/t17-,18+. The van der Waals surface area contributed by atoms with Gasteiger partial charge in [-0.3, -0.25) is 9.78 Å². The first-order chi connectivity index (χ1) is 15.6. The summed E-state index contributed by atoms with van der Waals surface area (Å²) in [5.41, 5.74) is 6.95. The van der Waals surface area contributed by atoms with Crippen molar-refractivity contribution < 1.29 is 9.53 Å². The first-order valence-corrected chi connectivity index (χ1v) is 11.2. The zero-order valence-corrected chi connectivity index (χ0v) is 18.5. The zero-order valence-electron chi connectivity index (χ0n) is 18.5. The second-order valence-corrected chi connectivity index (χ2v) is 8.60. The Morgan fingerprint density at radius 2 is 1.91 bits per heavy atom. The number of hydrogen-bond acceptors (Lipinski definition) is 4. The van der Waals surface area contributed by atoms with Gasteiger partial charge in [0, 0.05) is 54.9 Å². The molecular formula is C26H28N4O2. The Kier molecular flexibility index (Phi) is 5.53. The summed E-state index contributed by atoms with van der Waals surface area (Å²) in [6.07, 6.45) is 7.23. The second kappa shape index (κ2) is 8.63. The number of amides is 1. The van der Waals surface area contributed by atoms with Crippen LogP contribution in [0.1, 0.15) is 41.2 Å². The molecule has 2 aliphatic heterocycles. The topological polar surface area (TPSA) is 70.2 Å². The maximum atomic E-state index is 12.1. The molecule has 32 heavy (non-hydrogen) atoms. The van der Waals surface area contributed by atoms with Gasteiger partial charge in [-0.15, -0.1) is 0 Å². The number of nitrogens with zero attached hydrogens (tertiary/aromatic N) is 2. The highest BCUT2D eigenvalue weighted by molar-refractivity contribution is 5.97. The highest BCUT2D eigenvalue weighted by Gasteiger charge is 2.23. The fourth-order valence-corrected chi connectivity index (χ4v) is 4.62. The number of H-pyrrole nitrogens is 1. The van der Waals surface area contributed by atoms with Gasteiger partial charge in [-0.1, -0.05) is 24.3 Å². The zero-order chi connectivity index (χ0) is 22.1. The van der Waals surface area contributed by atoms with E-state index in [0.29, 0.717) is 6.54 Å². The Bertz CT molecular complexity index is 1160. The van der Waals surface area contributed by atoms with Crippen LogP contribution in [-0.2, 0) is 11.2 Å². The lowest BCUT2D eigenvalue weighted by atomic mass is 10.1. The molecule has 6 nitrogen and oxygen atoms in total. The van der Waals surface area contributed by atoms with Crippen LogP contribution < -0.4 is 10.2 Å². The molecule has 0 unspecified atom stereocenters. The van der Waals surface area contributed by atoms with Gasteiger partial charge in [0.1, 0.15) is 0 Å². The number of fused-ring (bicyclic) bond motifs is 1. The number of rotatable bonds is 4. The fourth-order valence-electron chi connectivity index (χ4n) is 4.62. The summed E-state index contributed by atoms with van der Waals surface area (Å²) in [5.74, 6) is -0.00807. The van der Waals surface area contributed by atoms with E-state index in [2.05, 4.69) is 64.4 Å². The van der Waals surface area contributed by atoms with Crippen molar-refractivity contribution >= 4 is 23.7 Å². The van der Waals surface area contributed by atoms with Crippen molar-refractivity contribution in [2.75, 3.05) is 24.5 Å². The van der Waals surface area contributed by atoms with Crippen molar-refractivity contribution in [3.05, 3.63) is 71.2 Å². The van der Waals surface area contributed by atoms with Crippen LogP contribution >= 0.6 is 0 Å². The summed E-state index contributed by atoms with van der Waals surface area (Å²) in [6, 6.07) is 14.4. The van der Waals surface area contributed by atoms with E-state index < -0.39 is 0 Å². The van der Waals surface area contributed by atoms with Crippen LogP contribution in [0.5, 0.6) is 0 Å². The van der Waals surface area contributed by atoms with E-state index in [1.165, 1.54) is 5.69 Å². The first-order valence-electron chi connectivity index (χ1n) is 11.2. The van der Waals surface area contributed by atoms with Gasteiger partial charge in [-0.2, -0.15) is 0 Å². The molecule has 0 aliphatic carbocycles. The minimum atomic E-state index is -0.00807. The van der Waals surface area contributed by atoms with Crippen LogP contribution in [0.15, 0.2) is 48.7 Å². The molecule has 2 aliphatic rings. The van der Waals surface area contributed by atoms with Gasteiger partial charge in [0.25, 0.3) is 5.91 Å². The van der Waals surface area contributed by atoms with E-state index in [1.807, 2.05) is 30.5 Å². The van der Waals surface area contributed by atoms with Gasteiger partial charge in [0.15, 0.2) is 0 Å². The Labute approximate surface area is 188 Å². The number of nitrogens with one attached hydrogen (secondary N) is 2. The van der Waals surface area contributed by atoms with E-state index in [0.717, 1.165) is 53.3 Å². The Balaban J connectivity index is 1.40. The summed E-state index contributed by atoms with van der Waals surface area (Å²) in [6.45, 7) is 6.69. The minimum Gasteiger partial charge on any atom is -0.372 e. The van der Waals surface area contributed by atoms with E-state index >= 15 is 0 Å². The van der Waals surface area contributed by atoms with Gasteiger partial charge in [0.2, 0.25) is 0 Å². The molecule has 0 bridgehead atoms. The summed E-state index contributed by atoms with van der Waals surface area (Å²) in [5, 5.41) is 2.90.